The second-order valence-electron chi connectivity index (χ2n) is 5.82. The molecule has 0 aromatic heterocycles. The highest BCUT2D eigenvalue weighted by molar-refractivity contribution is 5.71. The van der Waals surface area contributed by atoms with Crippen molar-refractivity contribution in [2.75, 3.05) is 7.05 Å². The van der Waals surface area contributed by atoms with Crippen LogP contribution >= 0.6 is 0 Å². The standard InChI is InChI=1S/C14H13F6NO2/c1-12(2)10(23-11(22)21(12)3)7-4-8(13(15,16)17)6-9(5-7)14(18,19)20/h4-6,10H,1-3H3. The van der Waals surface area contributed by atoms with Crippen LogP contribution in [0, 0.1) is 0 Å². The molecule has 1 aromatic carbocycles. The van der Waals surface area contributed by atoms with Crippen LogP contribution < -0.4 is 0 Å². The maximum Gasteiger partial charge on any atom is 0.416 e. The van der Waals surface area contributed by atoms with Gasteiger partial charge >= 0.3 is 18.4 Å². The molecule has 0 spiro atoms. The lowest BCUT2D eigenvalue weighted by atomic mass is 9.89. The fourth-order valence-electron chi connectivity index (χ4n) is 2.34. The summed E-state index contributed by atoms with van der Waals surface area (Å²) < 4.78 is 82.3. The minimum absolute atomic E-state index is 0.0387. The normalized spacial score (nSPS) is 21.5. The summed E-state index contributed by atoms with van der Waals surface area (Å²) in [4.78, 5) is 12.7. The SMILES string of the molecule is CN1C(=O)OC(c2cc(C(F)(F)F)cc(C(F)(F)F)c2)C1(C)C. The zero-order valence-electron chi connectivity index (χ0n) is 12.3. The highest BCUT2D eigenvalue weighted by Gasteiger charge is 2.48. The first-order valence-electron chi connectivity index (χ1n) is 6.48. The molecule has 0 saturated carbocycles. The molecule has 128 valence electrons. The molecule has 1 atom stereocenters. The van der Waals surface area contributed by atoms with Gasteiger partial charge in [0.15, 0.2) is 6.10 Å². The number of amides is 1. The van der Waals surface area contributed by atoms with Crippen LogP contribution in [0.2, 0.25) is 0 Å². The highest BCUT2D eigenvalue weighted by atomic mass is 19.4. The number of hydrogen-bond donors (Lipinski definition) is 0. The van der Waals surface area contributed by atoms with Crippen molar-refractivity contribution in [2.24, 2.45) is 0 Å². The van der Waals surface area contributed by atoms with Gasteiger partial charge < -0.3 is 9.64 Å². The molecule has 1 aliphatic heterocycles. The van der Waals surface area contributed by atoms with Crippen molar-refractivity contribution in [1.29, 1.82) is 0 Å². The third-order valence-corrected chi connectivity index (χ3v) is 3.91. The van der Waals surface area contributed by atoms with Crippen molar-refractivity contribution in [3.63, 3.8) is 0 Å². The smallest absolute Gasteiger partial charge is 0.416 e. The summed E-state index contributed by atoms with van der Waals surface area (Å²) in [6.45, 7) is 2.99. The van der Waals surface area contributed by atoms with E-state index in [9.17, 15) is 31.1 Å². The third kappa shape index (κ3) is 3.09. The van der Waals surface area contributed by atoms with E-state index in [0.717, 1.165) is 4.90 Å². The molecule has 1 aliphatic rings. The molecule has 23 heavy (non-hydrogen) atoms. The first-order valence-corrected chi connectivity index (χ1v) is 6.48. The number of ether oxygens (including phenoxy) is 1. The van der Waals surface area contributed by atoms with Gasteiger partial charge in [-0.25, -0.2) is 4.79 Å². The van der Waals surface area contributed by atoms with Gasteiger partial charge in [-0.3, -0.25) is 0 Å². The van der Waals surface area contributed by atoms with Crippen molar-refractivity contribution < 1.29 is 35.9 Å². The van der Waals surface area contributed by atoms with Crippen LogP contribution in [0.4, 0.5) is 31.1 Å². The monoisotopic (exact) mass is 341 g/mol. The number of nitrogens with zero attached hydrogens (tertiary/aromatic N) is 1. The van der Waals surface area contributed by atoms with Gasteiger partial charge in [0.2, 0.25) is 0 Å². The summed E-state index contributed by atoms with van der Waals surface area (Å²) >= 11 is 0. The molecule has 1 fully saturated rings. The Bertz CT molecular complexity index is 603. The first kappa shape index (κ1) is 17.4. The number of likely N-dealkylation sites (N-methyl/N-ethyl adjacent to an activating group) is 1. The Hall–Kier alpha value is -1.93. The molecule has 0 radical (unpaired) electrons. The van der Waals surface area contributed by atoms with Crippen molar-refractivity contribution in [3.05, 3.63) is 34.9 Å². The summed E-state index contributed by atoms with van der Waals surface area (Å²) in [6.07, 6.45) is -12.0. The average Bonchev–Trinajstić information content (AvgIpc) is 2.60. The fourth-order valence-corrected chi connectivity index (χ4v) is 2.34. The first-order chi connectivity index (χ1) is 10.2. The molecule has 3 nitrogen and oxygen atoms in total. The van der Waals surface area contributed by atoms with Gasteiger partial charge in [-0.05, 0) is 37.6 Å². The number of rotatable bonds is 1. The number of carbonyl (C=O) groups is 1. The van der Waals surface area contributed by atoms with Crippen LogP contribution in [0.15, 0.2) is 18.2 Å². The molecule has 1 amide bonds. The summed E-state index contributed by atoms with van der Waals surface area (Å²) in [5.74, 6) is 0. The summed E-state index contributed by atoms with van der Waals surface area (Å²) in [5, 5.41) is 0. The van der Waals surface area contributed by atoms with E-state index in [1.54, 1.807) is 0 Å². The van der Waals surface area contributed by atoms with Crippen LogP contribution in [-0.4, -0.2) is 23.6 Å². The Morgan fingerprint density at radius 2 is 1.43 bits per heavy atom. The van der Waals surface area contributed by atoms with Crippen molar-refractivity contribution in [2.45, 2.75) is 37.8 Å². The van der Waals surface area contributed by atoms with Gasteiger partial charge in [-0.15, -0.1) is 0 Å². The molecular weight excluding hydrogens is 328 g/mol. The summed E-state index contributed by atoms with van der Waals surface area (Å²) in [6, 6.07) is 1.19. The predicted molar refractivity (Wildman–Crippen MR) is 67.5 cm³/mol. The summed E-state index contributed by atoms with van der Waals surface area (Å²) in [7, 11) is 1.36. The van der Waals surface area contributed by atoms with Crippen molar-refractivity contribution in [3.8, 4) is 0 Å². The second-order valence-corrected chi connectivity index (χ2v) is 5.82. The quantitative estimate of drug-likeness (QED) is 0.697. The molecule has 2 rings (SSSR count). The number of benzene rings is 1. The van der Waals surface area contributed by atoms with Gasteiger partial charge in [0, 0.05) is 7.05 Å². The molecule has 0 aliphatic carbocycles. The lowest BCUT2D eigenvalue weighted by molar-refractivity contribution is -0.143. The lowest BCUT2D eigenvalue weighted by Crippen LogP contribution is -2.40. The van der Waals surface area contributed by atoms with E-state index in [2.05, 4.69) is 0 Å². The summed E-state index contributed by atoms with van der Waals surface area (Å²) in [5.41, 5.74) is -4.33. The molecule has 9 heteroatoms. The molecule has 1 heterocycles. The topological polar surface area (TPSA) is 29.5 Å². The van der Waals surface area contributed by atoms with Crippen LogP contribution in [0.3, 0.4) is 0 Å². The zero-order chi connectivity index (χ0) is 17.8. The maximum atomic E-state index is 12.9. The number of cyclic esters (lactones) is 1. The number of carbonyl (C=O) groups excluding carboxylic acids is 1. The maximum absolute atomic E-state index is 12.9. The molecular formula is C14H13F6NO2. The minimum Gasteiger partial charge on any atom is -0.439 e. The van der Waals surface area contributed by atoms with E-state index in [0.29, 0.717) is 12.1 Å². The fraction of sp³-hybridized carbons (Fsp3) is 0.500. The predicted octanol–water partition coefficient (Wildman–Crippen LogP) is 4.63. The van der Waals surface area contributed by atoms with E-state index in [4.69, 9.17) is 4.74 Å². The number of halogens is 6. The van der Waals surface area contributed by atoms with Gasteiger partial charge in [0.1, 0.15) is 0 Å². The molecule has 1 unspecified atom stereocenters. The van der Waals surface area contributed by atoms with E-state index in [1.807, 2.05) is 0 Å². The molecule has 1 saturated heterocycles. The van der Waals surface area contributed by atoms with E-state index in [1.165, 1.54) is 20.9 Å². The van der Waals surface area contributed by atoms with E-state index < -0.39 is 41.2 Å². The van der Waals surface area contributed by atoms with Gasteiger partial charge in [0.05, 0.1) is 16.7 Å². The average molecular weight is 341 g/mol. The minimum atomic E-state index is -4.95. The Labute approximate surface area is 127 Å². The van der Waals surface area contributed by atoms with Crippen LogP contribution in [0.25, 0.3) is 0 Å². The highest BCUT2D eigenvalue weighted by Crippen LogP contribution is 2.43. The Kier molecular flexibility index (Phi) is 3.82. The molecule has 0 bridgehead atoms. The zero-order valence-corrected chi connectivity index (χ0v) is 12.3. The second kappa shape index (κ2) is 5.04. The van der Waals surface area contributed by atoms with E-state index in [-0.39, 0.29) is 11.6 Å². The third-order valence-electron chi connectivity index (χ3n) is 3.91. The van der Waals surface area contributed by atoms with Crippen LogP contribution in [0.1, 0.15) is 36.6 Å². The van der Waals surface area contributed by atoms with Gasteiger partial charge in [0.25, 0.3) is 0 Å². The van der Waals surface area contributed by atoms with Crippen LogP contribution in [-0.2, 0) is 17.1 Å². The molecule has 0 N–H and O–H groups in total. The Balaban J connectivity index is 2.61. The lowest BCUT2D eigenvalue weighted by Gasteiger charge is -2.30. The number of hydrogen-bond acceptors (Lipinski definition) is 2. The molecule has 1 aromatic rings. The Morgan fingerprint density at radius 3 is 1.74 bits per heavy atom. The van der Waals surface area contributed by atoms with Crippen molar-refractivity contribution in [1.82, 2.24) is 4.90 Å². The largest absolute Gasteiger partial charge is 0.439 e. The van der Waals surface area contributed by atoms with Gasteiger partial charge in [-0.1, -0.05) is 0 Å². The van der Waals surface area contributed by atoms with Gasteiger partial charge in [-0.2, -0.15) is 26.3 Å². The van der Waals surface area contributed by atoms with E-state index >= 15 is 0 Å². The Morgan fingerprint density at radius 1 is 1.00 bits per heavy atom. The van der Waals surface area contributed by atoms with Crippen LogP contribution in [0.5, 0.6) is 0 Å². The van der Waals surface area contributed by atoms with Crippen molar-refractivity contribution >= 4 is 6.09 Å². The number of alkyl halides is 6.